The van der Waals surface area contributed by atoms with E-state index < -0.39 is 0 Å². The zero-order valence-corrected chi connectivity index (χ0v) is 16.9. The van der Waals surface area contributed by atoms with Crippen molar-refractivity contribution < 1.29 is 9.53 Å². The van der Waals surface area contributed by atoms with E-state index in [0.29, 0.717) is 17.4 Å². The summed E-state index contributed by atoms with van der Waals surface area (Å²) in [5.74, 6) is 0.280. The molecule has 2 aromatic rings. The summed E-state index contributed by atoms with van der Waals surface area (Å²) in [6.45, 7) is 4.87. The third-order valence-electron chi connectivity index (χ3n) is 3.50. The second kappa shape index (κ2) is 8.09. The Bertz CT molecular complexity index is 584. The quantitative estimate of drug-likeness (QED) is 0.428. The molecule has 2 nitrogen and oxygen atoms in total. The number of halogens is 2. The Labute approximate surface area is 150 Å². The van der Waals surface area contributed by atoms with Crippen LogP contribution in [0.25, 0.3) is 10.1 Å². The smallest absolute Gasteiger partial charge is 0.348 e. The monoisotopic (exact) mass is 452 g/mol. The molecule has 116 valence electrons. The van der Waals surface area contributed by atoms with Gasteiger partial charge in [-0.3, -0.25) is 0 Å². The van der Waals surface area contributed by atoms with Crippen LogP contribution in [-0.4, -0.2) is 12.6 Å². The van der Waals surface area contributed by atoms with Crippen LogP contribution in [0.3, 0.4) is 0 Å². The SMILES string of the molecule is CCCC[C@@H](CC)COC(=O)c1cc2c(Br)sc(Br)c2s1. The molecule has 2 rings (SSSR count). The molecule has 0 aromatic carbocycles. The van der Waals surface area contributed by atoms with Crippen molar-refractivity contribution in [1.82, 2.24) is 0 Å². The predicted molar refractivity (Wildman–Crippen MR) is 98.7 cm³/mol. The Morgan fingerprint density at radius 2 is 2.05 bits per heavy atom. The maximum absolute atomic E-state index is 12.2. The molecule has 0 aliphatic rings. The van der Waals surface area contributed by atoms with E-state index in [1.165, 1.54) is 24.2 Å². The first kappa shape index (κ1) is 17.4. The summed E-state index contributed by atoms with van der Waals surface area (Å²) in [6, 6.07) is 1.92. The predicted octanol–water partition coefficient (Wildman–Crippen LogP) is 6.86. The summed E-state index contributed by atoms with van der Waals surface area (Å²) >= 11 is 10.2. The number of hydrogen-bond acceptors (Lipinski definition) is 4. The van der Waals surface area contributed by atoms with E-state index in [9.17, 15) is 4.79 Å². The fraction of sp³-hybridized carbons (Fsp3) is 0.533. The van der Waals surface area contributed by atoms with Crippen molar-refractivity contribution in [2.45, 2.75) is 39.5 Å². The molecule has 0 aliphatic carbocycles. The van der Waals surface area contributed by atoms with Gasteiger partial charge in [0, 0.05) is 5.39 Å². The first-order valence-electron chi connectivity index (χ1n) is 7.11. The number of carbonyl (C=O) groups is 1. The molecule has 0 amide bonds. The van der Waals surface area contributed by atoms with Crippen LogP contribution in [0.4, 0.5) is 0 Å². The average molecular weight is 454 g/mol. The Kier molecular flexibility index (Phi) is 6.72. The molecular formula is C15H18Br2O2S2. The molecule has 1 atom stereocenters. The van der Waals surface area contributed by atoms with E-state index >= 15 is 0 Å². The minimum atomic E-state index is -0.199. The molecule has 0 saturated heterocycles. The van der Waals surface area contributed by atoms with Crippen LogP contribution < -0.4 is 0 Å². The maximum Gasteiger partial charge on any atom is 0.348 e. The molecule has 0 saturated carbocycles. The van der Waals surface area contributed by atoms with E-state index in [4.69, 9.17) is 4.74 Å². The van der Waals surface area contributed by atoms with Crippen molar-refractivity contribution in [1.29, 1.82) is 0 Å². The summed E-state index contributed by atoms with van der Waals surface area (Å²) in [5, 5.41) is 1.09. The summed E-state index contributed by atoms with van der Waals surface area (Å²) in [5.41, 5.74) is 0. The molecule has 0 spiro atoms. The zero-order chi connectivity index (χ0) is 15.4. The highest BCUT2D eigenvalue weighted by Gasteiger charge is 2.18. The normalized spacial score (nSPS) is 12.8. The highest BCUT2D eigenvalue weighted by molar-refractivity contribution is 9.12. The first-order valence-corrected chi connectivity index (χ1v) is 10.3. The Hall–Kier alpha value is 0.0900. The third kappa shape index (κ3) is 4.30. The summed E-state index contributed by atoms with van der Waals surface area (Å²) in [7, 11) is 0. The van der Waals surface area contributed by atoms with Crippen LogP contribution in [-0.2, 0) is 4.74 Å². The second-order valence-electron chi connectivity index (χ2n) is 5.02. The summed E-state index contributed by atoms with van der Waals surface area (Å²) < 4.78 is 8.72. The Morgan fingerprint density at radius 3 is 2.67 bits per heavy atom. The van der Waals surface area contributed by atoms with Gasteiger partial charge >= 0.3 is 5.97 Å². The van der Waals surface area contributed by atoms with Crippen molar-refractivity contribution in [3.8, 4) is 0 Å². The van der Waals surface area contributed by atoms with Gasteiger partial charge in [-0.15, -0.1) is 22.7 Å². The van der Waals surface area contributed by atoms with Crippen molar-refractivity contribution in [2.75, 3.05) is 6.61 Å². The number of fused-ring (bicyclic) bond motifs is 1. The molecular weight excluding hydrogens is 436 g/mol. The average Bonchev–Trinajstić information content (AvgIpc) is 3.01. The van der Waals surface area contributed by atoms with Gasteiger partial charge in [-0.25, -0.2) is 4.79 Å². The van der Waals surface area contributed by atoms with Gasteiger partial charge < -0.3 is 4.74 Å². The molecule has 2 aromatic heterocycles. The molecule has 0 fully saturated rings. The number of esters is 1. The summed E-state index contributed by atoms with van der Waals surface area (Å²) in [6.07, 6.45) is 4.58. The fourth-order valence-electron chi connectivity index (χ4n) is 2.13. The van der Waals surface area contributed by atoms with Gasteiger partial charge in [0.15, 0.2) is 0 Å². The zero-order valence-electron chi connectivity index (χ0n) is 12.1. The lowest BCUT2D eigenvalue weighted by Gasteiger charge is -2.14. The van der Waals surface area contributed by atoms with E-state index in [1.807, 2.05) is 6.07 Å². The van der Waals surface area contributed by atoms with Crippen LogP contribution in [0.15, 0.2) is 13.6 Å². The van der Waals surface area contributed by atoms with Crippen molar-refractivity contribution in [2.24, 2.45) is 5.92 Å². The van der Waals surface area contributed by atoms with Gasteiger partial charge in [-0.2, -0.15) is 0 Å². The van der Waals surface area contributed by atoms with Crippen LogP contribution in [0.2, 0.25) is 0 Å². The van der Waals surface area contributed by atoms with Gasteiger partial charge in [-0.05, 0) is 50.3 Å². The minimum Gasteiger partial charge on any atom is -0.461 e. The standard InChI is InChI=1S/C15H18Br2O2S2/c1-3-5-6-9(4-2)8-19-15(18)11-7-10-12(20-11)14(17)21-13(10)16/h7,9H,3-6,8H2,1-2H3/t9-/m1/s1. The van der Waals surface area contributed by atoms with Gasteiger partial charge in [-0.1, -0.05) is 33.1 Å². The molecule has 21 heavy (non-hydrogen) atoms. The molecule has 0 aliphatic heterocycles. The van der Waals surface area contributed by atoms with Crippen molar-refractivity contribution >= 4 is 70.6 Å². The van der Waals surface area contributed by atoms with Crippen molar-refractivity contribution in [3.63, 3.8) is 0 Å². The van der Waals surface area contributed by atoms with Gasteiger partial charge in [0.25, 0.3) is 0 Å². The molecule has 0 radical (unpaired) electrons. The summed E-state index contributed by atoms with van der Waals surface area (Å²) in [4.78, 5) is 12.9. The van der Waals surface area contributed by atoms with Gasteiger partial charge in [0.2, 0.25) is 0 Å². The van der Waals surface area contributed by atoms with E-state index in [2.05, 4.69) is 45.7 Å². The first-order chi connectivity index (χ1) is 10.1. The van der Waals surface area contributed by atoms with Crippen molar-refractivity contribution in [3.05, 3.63) is 18.5 Å². The van der Waals surface area contributed by atoms with Crippen LogP contribution in [0.5, 0.6) is 0 Å². The molecule has 0 unspecified atom stereocenters. The molecule has 0 N–H and O–H groups in total. The Balaban J connectivity index is 2.00. The topological polar surface area (TPSA) is 26.3 Å². The second-order valence-corrected chi connectivity index (χ2v) is 9.73. The number of carbonyl (C=O) groups excluding carboxylic acids is 1. The largest absolute Gasteiger partial charge is 0.461 e. The van der Waals surface area contributed by atoms with E-state index in [1.54, 1.807) is 11.3 Å². The highest BCUT2D eigenvalue weighted by Crippen LogP contribution is 2.43. The van der Waals surface area contributed by atoms with Gasteiger partial charge in [0.05, 0.1) is 18.9 Å². The van der Waals surface area contributed by atoms with E-state index in [-0.39, 0.29) is 5.97 Å². The molecule has 0 bridgehead atoms. The highest BCUT2D eigenvalue weighted by atomic mass is 79.9. The number of rotatable bonds is 7. The van der Waals surface area contributed by atoms with Crippen LogP contribution >= 0.6 is 54.5 Å². The number of unbranched alkanes of at least 4 members (excludes halogenated alkanes) is 1. The van der Waals surface area contributed by atoms with Gasteiger partial charge in [0.1, 0.15) is 4.88 Å². The Morgan fingerprint density at radius 1 is 1.29 bits per heavy atom. The maximum atomic E-state index is 12.2. The number of ether oxygens (including phenoxy) is 1. The molecule has 6 heteroatoms. The van der Waals surface area contributed by atoms with Crippen LogP contribution in [0, 0.1) is 5.92 Å². The van der Waals surface area contributed by atoms with Crippen LogP contribution in [0.1, 0.15) is 49.2 Å². The fourth-order valence-corrected chi connectivity index (χ4v) is 6.49. The lowest BCUT2D eigenvalue weighted by Crippen LogP contribution is -2.13. The molecule has 2 heterocycles. The minimum absolute atomic E-state index is 0.199. The van der Waals surface area contributed by atoms with E-state index in [0.717, 1.165) is 30.5 Å². The third-order valence-corrected chi connectivity index (χ3v) is 7.60. The number of thiophene rings is 2. The lowest BCUT2D eigenvalue weighted by atomic mass is 10.0. The number of hydrogen-bond donors (Lipinski definition) is 0. The lowest BCUT2D eigenvalue weighted by molar-refractivity contribution is 0.0434.